The minimum Gasteiger partial charge on any atom is -0.354 e. The molecule has 1 aliphatic heterocycles. The molecule has 4 N–H and O–H groups in total. The van der Waals surface area contributed by atoms with E-state index in [0.717, 1.165) is 12.8 Å². The first-order valence-electron chi connectivity index (χ1n) is 5.02. The van der Waals surface area contributed by atoms with Crippen molar-refractivity contribution in [3.05, 3.63) is 0 Å². The van der Waals surface area contributed by atoms with Gasteiger partial charge in [0.1, 0.15) is 6.04 Å². The molecule has 1 aliphatic carbocycles. The summed E-state index contributed by atoms with van der Waals surface area (Å²) in [7, 11) is 0. The van der Waals surface area contributed by atoms with Crippen molar-refractivity contribution in [3.63, 3.8) is 0 Å². The van der Waals surface area contributed by atoms with Crippen LogP contribution in [-0.2, 0) is 9.59 Å². The summed E-state index contributed by atoms with van der Waals surface area (Å²) in [6.45, 7) is 0.641. The van der Waals surface area contributed by atoms with E-state index in [2.05, 4.69) is 10.6 Å². The molecule has 2 fully saturated rings. The lowest BCUT2D eigenvalue weighted by atomic mass is 10.1. The molecule has 2 aliphatic rings. The first-order valence-corrected chi connectivity index (χ1v) is 5.02. The maximum absolute atomic E-state index is 11.5. The Bertz CT molecular complexity index is 263. The first-order chi connectivity index (χ1) is 6.68. The van der Waals surface area contributed by atoms with Crippen molar-refractivity contribution in [3.8, 4) is 0 Å². The molecule has 0 bridgehead atoms. The molecule has 0 aromatic heterocycles. The van der Waals surface area contributed by atoms with Gasteiger partial charge < -0.3 is 16.4 Å². The number of hydrogen-bond donors (Lipinski definition) is 3. The first kappa shape index (κ1) is 9.45. The zero-order valence-corrected chi connectivity index (χ0v) is 7.95. The predicted octanol–water partition coefficient (Wildman–Crippen LogP) is -1.27. The highest BCUT2D eigenvalue weighted by atomic mass is 16.2. The lowest BCUT2D eigenvalue weighted by molar-refractivity contribution is -0.128. The molecule has 78 valence electrons. The van der Waals surface area contributed by atoms with Gasteiger partial charge in [0.05, 0.1) is 6.04 Å². The van der Waals surface area contributed by atoms with Crippen LogP contribution in [0.1, 0.15) is 19.3 Å². The Balaban J connectivity index is 1.83. The van der Waals surface area contributed by atoms with Crippen molar-refractivity contribution in [2.75, 3.05) is 6.54 Å². The molecule has 1 saturated carbocycles. The van der Waals surface area contributed by atoms with Crippen LogP contribution in [0.3, 0.4) is 0 Å². The summed E-state index contributed by atoms with van der Waals surface area (Å²) in [6.07, 6.45) is 2.73. The molecule has 2 rings (SSSR count). The van der Waals surface area contributed by atoms with Crippen LogP contribution < -0.4 is 16.4 Å². The van der Waals surface area contributed by atoms with Gasteiger partial charge in [-0.15, -0.1) is 0 Å². The fraction of sp³-hybridized carbons (Fsp3) is 0.778. The van der Waals surface area contributed by atoms with Crippen LogP contribution in [0.25, 0.3) is 0 Å². The van der Waals surface area contributed by atoms with E-state index in [-0.39, 0.29) is 17.9 Å². The van der Waals surface area contributed by atoms with E-state index in [0.29, 0.717) is 18.9 Å². The fourth-order valence-corrected chi connectivity index (χ4v) is 1.67. The number of rotatable bonds is 3. The highest BCUT2D eigenvalue weighted by Crippen LogP contribution is 2.31. The van der Waals surface area contributed by atoms with E-state index in [4.69, 9.17) is 5.73 Å². The third-order valence-electron chi connectivity index (χ3n) is 2.80. The molecule has 14 heavy (non-hydrogen) atoms. The smallest absolute Gasteiger partial charge is 0.242 e. The average molecular weight is 197 g/mol. The quantitative estimate of drug-likeness (QED) is 0.527. The van der Waals surface area contributed by atoms with Gasteiger partial charge in [-0.2, -0.15) is 0 Å². The molecule has 0 radical (unpaired) electrons. The lowest BCUT2D eigenvalue weighted by Gasteiger charge is -2.14. The van der Waals surface area contributed by atoms with Crippen molar-refractivity contribution < 1.29 is 9.59 Å². The van der Waals surface area contributed by atoms with Gasteiger partial charge in [0, 0.05) is 6.54 Å². The summed E-state index contributed by atoms with van der Waals surface area (Å²) < 4.78 is 0. The maximum atomic E-state index is 11.5. The normalized spacial score (nSPS) is 28.4. The number of amides is 2. The Labute approximate surface area is 82.4 Å². The van der Waals surface area contributed by atoms with Crippen molar-refractivity contribution in [2.45, 2.75) is 31.3 Å². The van der Waals surface area contributed by atoms with Crippen LogP contribution >= 0.6 is 0 Å². The number of hydrogen-bond acceptors (Lipinski definition) is 3. The van der Waals surface area contributed by atoms with Crippen molar-refractivity contribution >= 4 is 11.8 Å². The molecule has 0 aromatic rings. The molecule has 2 amide bonds. The zero-order chi connectivity index (χ0) is 10.1. The molecule has 5 nitrogen and oxygen atoms in total. The second-order valence-electron chi connectivity index (χ2n) is 4.00. The van der Waals surface area contributed by atoms with Crippen molar-refractivity contribution in [1.82, 2.24) is 10.6 Å². The van der Waals surface area contributed by atoms with Crippen LogP contribution in [0.4, 0.5) is 0 Å². The average Bonchev–Trinajstić information content (AvgIpc) is 2.92. The molecule has 1 heterocycles. The zero-order valence-electron chi connectivity index (χ0n) is 7.95. The van der Waals surface area contributed by atoms with E-state index in [9.17, 15) is 9.59 Å². The summed E-state index contributed by atoms with van der Waals surface area (Å²) >= 11 is 0. The van der Waals surface area contributed by atoms with E-state index in [1.54, 1.807) is 0 Å². The summed E-state index contributed by atoms with van der Waals surface area (Å²) in [5, 5.41) is 5.34. The van der Waals surface area contributed by atoms with Gasteiger partial charge in [0.25, 0.3) is 0 Å². The Morgan fingerprint density at radius 2 is 2.21 bits per heavy atom. The summed E-state index contributed by atoms with van der Waals surface area (Å²) in [5.74, 6) is 0.0513. The van der Waals surface area contributed by atoms with Crippen molar-refractivity contribution in [1.29, 1.82) is 0 Å². The Morgan fingerprint density at radius 3 is 2.71 bits per heavy atom. The molecule has 2 atom stereocenters. The van der Waals surface area contributed by atoms with Crippen LogP contribution in [-0.4, -0.2) is 30.4 Å². The predicted molar refractivity (Wildman–Crippen MR) is 50.3 cm³/mol. The van der Waals surface area contributed by atoms with Crippen LogP contribution in [0.2, 0.25) is 0 Å². The minimum absolute atomic E-state index is 0.0960. The number of carbonyl (C=O) groups excluding carboxylic acids is 2. The van der Waals surface area contributed by atoms with Crippen LogP contribution in [0, 0.1) is 5.92 Å². The van der Waals surface area contributed by atoms with E-state index in [1.165, 1.54) is 0 Å². The second-order valence-corrected chi connectivity index (χ2v) is 4.00. The fourth-order valence-electron chi connectivity index (χ4n) is 1.67. The third kappa shape index (κ3) is 1.87. The van der Waals surface area contributed by atoms with E-state index in [1.807, 2.05) is 0 Å². The highest BCUT2D eigenvalue weighted by molar-refractivity contribution is 5.91. The second kappa shape index (κ2) is 3.57. The molecule has 5 heteroatoms. The van der Waals surface area contributed by atoms with Crippen LogP contribution in [0.5, 0.6) is 0 Å². The molecule has 2 unspecified atom stereocenters. The molecule has 0 spiro atoms. The number of nitrogens with two attached hydrogens (primary N) is 1. The van der Waals surface area contributed by atoms with Crippen molar-refractivity contribution in [2.24, 2.45) is 11.7 Å². The topological polar surface area (TPSA) is 84.2 Å². The van der Waals surface area contributed by atoms with Gasteiger partial charge in [-0.25, -0.2) is 0 Å². The van der Waals surface area contributed by atoms with Gasteiger partial charge in [-0.3, -0.25) is 9.59 Å². The highest BCUT2D eigenvalue weighted by Gasteiger charge is 2.35. The van der Waals surface area contributed by atoms with Gasteiger partial charge in [-0.1, -0.05) is 0 Å². The third-order valence-corrected chi connectivity index (χ3v) is 2.80. The molecule has 1 saturated heterocycles. The van der Waals surface area contributed by atoms with Gasteiger partial charge in [0.15, 0.2) is 0 Å². The van der Waals surface area contributed by atoms with Gasteiger partial charge >= 0.3 is 0 Å². The summed E-state index contributed by atoms with van der Waals surface area (Å²) in [5.41, 5.74) is 5.70. The van der Waals surface area contributed by atoms with Gasteiger partial charge in [-0.05, 0) is 25.2 Å². The minimum atomic E-state index is -0.427. The monoisotopic (exact) mass is 197 g/mol. The molecule has 0 aromatic carbocycles. The summed E-state index contributed by atoms with van der Waals surface area (Å²) in [4.78, 5) is 22.7. The lowest BCUT2D eigenvalue weighted by Crippen LogP contribution is -2.48. The number of carbonyl (C=O) groups is 2. The standard InChI is InChI=1S/C9H15N3O2/c10-7(5-1-2-5)9(14)12-6-3-4-11-8(6)13/h5-7H,1-4,10H2,(H,11,13)(H,12,14). The largest absolute Gasteiger partial charge is 0.354 e. The van der Waals surface area contributed by atoms with Gasteiger partial charge in [0.2, 0.25) is 11.8 Å². The Kier molecular flexibility index (Phi) is 2.41. The molecular weight excluding hydrogens is 182 g/mol. The molecular formula is C9H15N3O2. The SMILES string of the molecule is NC(C(=O)NC1CCNC1=O)C1CC1. The van der Waals surface area contributed by atoms with Crippen LogP contribution in [0.15, 0.2) is 0 Å². The summed E-state index contributed by atoms with van der Waals surface area (Å²) in [6, 6.07) is -0.796. The maximum Gasteiger partial charge on any atom is 0.242 e. The Hall–Kier alpha value is -1.10. The van der Waals surface area contributed by atoms with E-state index >= 15 is 0 Å². The van der Waals surface area contributed by atoms with E-state index < -0.39 is 6.04 Å². The Morgan fingerprint density at radius 1 is 1.50 bits per heavy atom. The number of nitrogens with one attached hydrogen (secondary N) is 2.